The van der Waals surface area contributed by atoms with Crippen LogP contribution in [0, 0.1) is 6.92 Å². The van der Waals surface area contributed by atoms with Crippen LogP contribution in [0.25, 0.3) is 11.1 Å². The number of urea groups is 1. The summed E-state index contributed by atoms with van der Waals surface area (Å²) in [4.78, 5) is 26.7. The number of aryl methyl sites for hydroxylation is 1. The Morgan fingerprint density at radius 2 is 1.76 bits per heavy atom. The fraction of sp³-hybridized carbons (Fsp3) is 0.259. The van der Waals surface area contributed by atoms with Crippen LogP contribution in [0.15, 0.2) is 65.1 Å². The molecule has 3 rings (SSSR count). The lowest BCUT2D eigenvalue weighted by atomic mass is 9.94. The van der Waals surface area contributed by atoms with E-state index in [9.17, 15) is 9.59 Å². The van der Waals surface area contributed by atoms with Crippen LogP contribution >= 0.6 is 15.9 Å². The molecule has 0 aromatic heterocycles. The zero-order chi connectivity index (χ0) is 24.7. The van der Waals surface area contributed by atoms with Crippen LogP contribution in [-0.2, 0) is 22.5 Å². The van der Waals surface area contributed by atoms with Crippen LogP contribution in [-0.4, -0.2) is 37.7 Å². The van der Waals surface area contributed by atoms with Crippen LogP contribution in [0.3, 0.4) is 0 Å². The van der Waals surface area contributed by atoms with E-state index in [-0.39, 0.29) is 18.4 Å². The first-order valence-corrected chi connectivity index (χ1v) is 11.8. The molecule has 0 radical (unpaired) electrons. The van der Waals surface area contributed by atoms with Crippen molar-refractivity contribution in [3.63, 3.8) is 0 Å². The van der Waals surface area contributed by atoms with Crippen LogP contribution in [0.2, 0.25) is 0 Å². The zero-order valence-corrected chi connectivity index (χ0v) is 21.4. The first kappa shape index (κ1) is 25.3. The summed E-state index contributed by atoms with van der Waals surface area (Å²) < 4.78 is 11.3. The highest BCUT2D eigenvalue weighted by Gasteiger charge is 2.18. The van der Waals surface area contributed by atoms with E-state index < -0.39 is 0 Å². The van der Waals surface area contributed by atoms with Crippen molar-refractivity contribution in [2.75, 3.05) is 26.1 Å². The van der Waals surface area contributed by atoms with Gasteiger partial charge in [-0.2, -0.15) is 0 Å². The lowest BCUT2D eigenvalue weighted by Crippen LogP contribution is -2.34. The second-order valence-corrected chi connectivity index (χ2v) is 8.73. The highest BCUT2D eigenvalue weighted by Crippen LogP contribution is 2.35. The molecule has 0 fully saturated rings. The second kappa shape index (κ2) is 11.7. The molecule has 0 aliphatic heterocycles. The molecule has 178 valence electrons. The van der Waals surface area contributed by atoms with Crippen molar-refractivity contribution < 1.29 is 19.1 Å². The van der Waals surface area contributed by atoms with E-state index >= 15 is 0 Å². The van der Waals surface area contributed by atoms with Gasteiger partial charge in [0.2, 0.25) is 0 Å². The van der Waals surface area contributed by atoms with Gasteiger partial charge in [-0.1, -0.05) is 42.0 Å². The van der Waals surface area contributed by atoms with Gasteiger partial charge in [-0.15, -0.1) is 0 Å². The van der Waals surface area contributed by atoms with E-state index in [4.69, 9.17) is 9.47 Å². The average Bonchev–Trinajstić information content (AvgIpc) is 2.83. The number of nitrogens with one attached hydrogen (secondary N) is 1. The number of ether oxygens (including phenoxy) is 2. The number of anilines is 1. The van der Waals surface area contributed by atoms with Gasteiger partial charge in [-0.25, -0.2) is 4.79 Å². The van der Waals surface area contributed by atoms with Gasteiger partial charge in [-0.05, 0) is 70.7 Å². The Hall–Kier alpha value is -3.32. The Balaban J connectivity index is 1.96. The number of hydrogen-bond acceptors (Lipinski definition) is 4. The minimum Gasteiger partial charge on any atom is -0.496 e. The second-order valence-electron chi connectivity index (χ2n) is 7.87. The summed E-state index contributed by atoms with van der Waals surface area (Å²) in [5, 5.41) is 2.98. The Kier molecular flexibility index (Phi) is 8.71. The van der Waals surface area contributed by atoms with Gasteiger partial charge in [0.25, 0.3) is 0 Å². The first-order valence-electron chi connectivity index (χ1n) is 11.0. The Bertz CT molecular complexity index is 1180. The topological polar surface area (TPSA) is 67.9 Å². The Morgan fingerprint density at radius 1 is 1.00 bits per heavy atom. The van der Waals surface area contributed by atoms with Gasteiger partial charge in [0.15, 0.2) is 0 Å². The zero-order valence-electron chi connectivity index (χ0n) is 19.9. The fourth-order valence-electron chi connectivity index (χ4n) is 3.72. The summed E-state index contributed by atoms with van der Waals surface area (Å²) in [6, 6.07) is 19.1. The summed E-state index contributed by atoms with van der Waals surface area (Å²) in [5.41, 5.74) is 5.42. The number of methoxy groups -OCH3 is 2. The Morgan fingerprint density at radius 3 is 2.44 bits per heavy atom. The lowest BCUT2D eigenvalue weighted by Gasteiger charge is -2.24. The number of rotatable bonds is 8. The summed E-state index contributed by atoms with van der Waals surface area (Å²) >= 11 is 3.48. The molecule has 2 amide bonds. The predicted molar refractivity (Wildman–Crippen MR) is 138 cm³/mol. The van der Waals surface area contributed by atoms with Gasteiger partial charge in [-0.3, -0.25) is 4.79 Å². The number of hydrogen-bond donors (Lipinski definition) is 1. The molecule has 0 unspecified atom stereocenters. The van der Waals surface area contributed by atoms with Crippen molar-refractivity contribution >= 4 is 33.6 Å². The van der Waals surface area contributed by atoms with Gasteiger partial charge in [0.05, 0.1) is 26.3 Å². The minimum absolute atomic E-state index is 0.171. The van der Waals surface area contributed by atoms with E-state index in [2.05, 4.69) is 27.3 Å². The van der Waals surface area contributed by atoms with Gasteiger partial charge < -0.3 is 19.7 Å². The van der Waals surface area contributed by atoms with E-state index in [1.807, 2.05) is 68.4 Å². The van der Waals surface area contributed by atoms with E-state index in [1.54, 1.807) is 12.0 Å². The van der Waals surface area contributed by atoms with E-state index in [0.29, 0.717) is 24.5 Å². The molecule has 3 aromatic carbocycles. The normalized spacial score (nSPS) is 10.5. The number of halogens is 1. The smallest absolute Gasteiger partial charge is 0.322 e. The van der Waals surface area contributed by atoms with Crippen molar-refractivity contribution in [1.82, 2.24) is 4.90 Å². The third kappa shape index (κ3) is 6.17. The lowest BCUT2D eigenvalue weighted by molar-refractivity contribution is -0.139. The van der Waals surface area contributed by atoms with Crippen LogP contribution in [0.4, 0.5) is 10.5 Å². The molecule has 0 saturated carbocycles. The number of amides is 2. The molecule has 34 heavy (non-hydrogen) atoms. The van der Waals surface area contributed by atoms with Crippen molar-refractivity contribution in [1.29, 1.82) is 0 Å². The molecule has 0 atom stereocenters. The number of nitrogens with zero attached hydrogens (tertiary/aromatic N) is 1. The quantitative estimate of drug-likeness (QED) is 0.356. The van der Waals surface area contributed by atoms with Crippen molar-refractivity contribution in [2.24, 2.45) is 0 Å². The number of para-hydroxylation sites is 1. The van der Waals surface area contributed by atoms with Crippen molar-refractivity contribution in [3.05, 3.63) is 81.8 Å². The highest BCUT2D eigenvalue weighted by molar-refractivity contribution is 9.10. The third-order valence-electron chi connectivity index (χ3n) is 5.54. The summed E-state index contributed by atoms with van der Waals surface area (Å²) in [5.74, 6) is 0.389. The maximum absolute atomic E-state index is 13.1. The molecule has 0 aliphatic rings. The fourth-order valence-corrected chi connectivity index (χ4v) is 4.10. The number of carbonyl (C=O) groups is 2. The SMILES string of the molecule is CCN(Cc1cc(C)ccc1-c1cc(CC(=O)OC)ccc1OC)C(=O)Nc1ccccc1Br. The van der Waals surface area contributed by atoms with E-state index in [0.717, 1.165) is 32.3 Å². The summed E-state index contributed by atoms with van der Waals surface area (Å²) in [6.45, 7) is 4.92. The molecule has 0 saturated heterocycles. The maximum atomic E-state index is 13.1. The molecule has 3 aromatic rings. The molecule has 0 bridgehead atoms. The maximum Gasteiger partial charge on any atom is 0.322 e. The molecule has 1 N–H and O–H groups in total. The van der Waals surface area contributed by atoms with Crippen LogP contribution in [0.5, 0.6) is 5.75 Å². The monoisotopic (exact) mass is 524 g/mol. The highest BCUT2D eigenvalue weighted by atomic mass is 79.9. The van der Waals surface area contributed by atoms with Crippen molar-refractivity contribution in [3.8, 4) is 16.9 Å². The molecule has 0 spiro atoms. The number of benzene rings is 3. The van der Waals surface area contributed by atoms with Crippen LogP contribution < -0.4 is 10.1 Å². The van der Waals surface area contributed by atoms with E-state index in [1.165, 1.54) is 7.11 Å². The Labute approximate surface area is 209 Å². The van der Waals surface area contributed by atoms with Crippen molar-refractivity contribution in [2.45, 2.75) is 26.8 Å². The summed E-state index contributed by atoms with van der Waals surface area (Å²) in [7, 11) is 3.00. The molecule has 0 heterocycles. The van der Waals surface area contributed by atoms with Gasteiger partial charge in [0.1, 0.15) is 5.75 Å². The molecular formula is C27H29BrN2O4. The molecule has 7 heteroatoms. The number of carbonyl (C=O) groups excluding carboxylic acids is 2. The van der Waals surface area contributed by atoms with Gasteiger partial charge >= 0.3 is 12.0 Å². The molecular weight excluding hydrogens is 496 g/mol. The molecule has 0 aliphatic carbocycles. The van der Waals surface area contributed by atoms with Crippen LogP contribution in [0.1, 0.15) is 23.6 Å². The predicted octanol–water partition coefficient (Wildman–Crippen LogP) is 6.20. The summed E-state index contributed by atoms with van der Waals surface area (Å²) in [6.07, 6.45) is 0.171. The third-order valence-corrected chi connectivity index (χ3v) is 6.23. The number of esters is 1. The van der Waals surface area contributed by atoms with Gasteiger partial charge in [0, 0.05) is 23.1 Å². The standard InChI is InChI=1S/C27H29BrN2O4/c1-5-30(27(32)29-24-9-7-6-8-23(24)28)17-20-14-18(2)10-12-21(20)22-15-19(16-26(31)34-4)11-13-25(22)33-3/h6-15H,5,16-17H2,1-4H3,(H,29,32). The minimum atomic E-state index is -0.304. The molecule has 6 nitrogen and oxygen atoms in total. The first-order chi connectivity index (χ1) is 16.4. The largest absolute Gasteiger partial charge is 0.496 e. The average molecular weight is 525 g/mol.